The molecule has 0 saturated carbocycles. The Morgan fingerprint density at radius 3 is 2.25 bits per heavy atom. The number of aliphatic imine (C=N–C) groups is 1. The third-order valence-electron chi connectivity index (χ3n) is 9.98. The van der Waals surface area contributed by atoms with Crippen molar-refractivity contribution < 1.29 is 28.5 Å². The van der Waals surface area contributed by atoms with Gasteiger partial charge in [-0.15, -0.1) is 0 Å². The number of pyridine rings is 1. The predicted molar refractivity (Wildman–Crippen MR) is 244 cm³/mol. The van der Waals surface area contributed by atoms with Crippen molar-refractivity contribution in [3.63, 3.8) is 0 Å². The van der Waals surface area contributed by atoms with Gasteiger partial charge in [-0.1, -0.05) is 6.92 Å². The number of nitrogens with zero attached hydrogens (tertiary/aromatic N) is 8. The van der Waals surface area contributed by atoms with E-state index in [2.05, 4.69) is 50.8 Å². The summed E-state index contributed by atoms with van der Waals surface area (Å²) in [5, 5.41) is 18.8. The van der Waals surface area contributed by atoms with Gasteiger partial charge in [0.2, 0.25) is 11.9 Å². The summed E-state index contributed by atoms with van der Waals surface area (Å²) in [4.78, 5) is 58.4. The highest BCUT2D eigenvalue weighted by atomic mass is 16.6. The van der Waals surface area contributed by atoms with Crippen molar-refractivity contribution in [1.82, 2.24) is 45.4 Å². The first-order valence-electron chi connectivity index (χ1n) is 21.5. The Kier molecular flexibility index (Phi) is 20.5. The number of aromatic amines is 1. The molecular weight excluding hydrogens is 825 g/mol. The topological polar surface area (TPSA) is 308 Å². The number of amides is 2. The van der Waals surface area contributed by atoms with Crippen LogP contribution in [0.1, 0.15) is 54.1 Å². The number of ether oxygens (including phenoxy) is 4. The Morgan fingerprint density at radius 1 is 0.875 bits per heavy atom. The lowest BCUT2D eigenvalue weighted by molar-refractivity contribution is -0.122. The number of aromatic nitrogens is 6. The molecule has 0 aromatic carbocycles. The molecule has 0 unspecified atom stereocenters. The van der Waals surface area contributed by atoms with E-state index in [9.17, 15) is 9.59 Å². The van der Waals surface area contributed by atoms with Crippen molar-refractivity contribution in [2.45, 2.75) is 32.6 Å². The highest BCUT2D eigenvalue weighted by Crippen LogP contribution is 2.23. The van der Waals surface area contributed by atoms with Crippen LogP contribution in [0.15, 0.2) is 60.0 Å². The number of piperazine rings is 1. The molecule has 0 radical (unpaired) electrons. The highest BCUT2D eigenvalue weighted by Gasteiger charge is 2.21. The van der Waals surface area contributed by atoms with Crippen LogP contribution in [-0.2, 0) is 23.7 Å². The number of carbonyl (C=O) groups excluding carboxylic acids is 2. The van der Waals surface area contributed by atoms with Crippen LogP contribution in [-0.4, -0.2) is 164 Å². The number of guanidine groups is 1. The molecule has 1 aliphatic heterocycles. The molecule has 5 heterocycles. The lowest BCUT2D eigenvalue weighted by Gasteiger charge is -2.35. The number of carbonyl (C=O) groups is 2. The van der Waals surface area contributed by atoms with Crippen molar-refractivity contribution in [1.29, 1.82) is 5.41 Å². The van der Waals surface area contributed by atoms with Gasteiger partial charge >= 0.3 is 0 Å². The quantitative estimate of drug-likeness (QED) is 0.0224. The van der Waals surface area contributed by atoms with Gasteiger partial charge < -0.3 is 66.9 Å². The number of H-pyrrole nitrogens is 1. The molecule has 0 aliphatic carbocycles. The number of unbranched alkanes of at least 4 members (excludes halogenated alkanes) is 1. The van der Waals surface area contributed by atoms with Crippen molar-refractivity contribution in [2.75, 3.05) is 121 Å². The smallest absolute Gasteiger partial charge is 0.254 e. The first kappa shape index (κ1) is 48.7. The van der Waals surface area contributed by atoms with Gasteiger partial charge in [0, 0.05) is 101 Å². The Morgan fingerprint density at radius 2 is 1.55 bits per heavy atom. The van der Waals surface area contributed by atoms with Crippen LogP contribution < -0.4 is 38.1 Å². The average molecular weight is 887 g/mol. The van der Waals surface area contributed by atoms with Gasteiger partial charge in [-0.3, -0.25) is 15.0 Å². The van der Waals surface area contributed by atoms with Gasteiger partial charge in [-0.2, -0.15) is 0 Å². The van der Waals surface area contributed by atoms with E-state index in [4.69, 9.17) is 41.6 Å². The molecule has 1 fully saturated rings. The number of nitrogens with two attached hydrogens (primary N) is 3. The fourth-order valence-electron chi connectivity index (χ4n) is 6.31. The molecule has 4 aromatic rings. The minimum absolute atomic E-state index is 0.114. The van der Waals surface area contributed by atoms with Gasteiger partial charge in [0.15, 0.2) is 5.96 Å². The summed E-state index contributed by atoms with van der Waals surface area (Å²) < 4.78 is 21.6. The van der Waals surface area contributed by atoms with Crippen LogP contribution in [0.2, 0.25) is 0 Å². The first-order valence-corrected chi connectivity index (χ1v) is 21.5. The van der Waals surface area contributed by atoms with E-state index in [-0.39, 0.29) is 29.8 Å². The summed E-state index contributed by atoms with van der Waals surface area (Å²) in [6.45, 7) is 9.90. The van der Waals surface area contributed by atoms with Crippen molar-refractivity contribution >= 4 is 52.1 Å². The Balaban J connectivity index is 0.930. The normalized spacial score (nSPS) is 13.3. The molecule has 1 saturated heterocycles. The zero-order chi connectivity index (χ0) is 45.4. The largest absolute Gasteiger partial charge is 0.383 e. The maximum Gasteiger partial charge on any atom is 0.254 e. The molecule has 346 valence electrons. The van der Waals surface area contributed by atoms with Gasteiger partial charge in [0.25, 0.3) is 5.91 Å². The maximum absolute atomic E-state index is 12.8. The molecule has 0 bridgehead atoms. The van der Waals surface area contributed by atoms with E-state index in [0.29, 0.717) is 152 Å². The first-order chi connectivity index (χ1) is 31.3. The van der Waals surface area contributed by atoms with Crippen LogP contribution in [0.4, 0.5) is 17.6 Å². The van der Waals surface area contributed by atoms with Crippen LogP contribution in [0, 0.1) is 5.41 Å². The van der Waals surface area contributed by atoms with Gasteiger partial charge in [-0.25, -0.2) is 29.9 Å². The minimum atomic E-state index is -0.259. The second-order valence-electron chi connectivity index (χ2n) is 14.5. The molecule has 2 amide bonds. The molecule has 0 spiro atoms. The molecule has 22 heteroatoms. The van der Waals surface area contributed by atoms with Crippen LogP contribution in [0.3, 0.4) is 0 Å². The van der Waals surface area contributed by atoms with Crippen molar-refractivity contribution in [3.05, 3.63) is 71.7 Å². The standard InChI is InChI=1S/C42H62N16O6/c1-2-30(24-50-34(59)6-15-61-17-19-63-21-22-64-20-18-62-16-7-43)25-52-41(46)57-11-13-58(14-12-57)42-53-27-33(28-54-42)40(60)49-9-4-3-8-47-39-35(37(45)55-29-56-39)36(44)32-23-31-5-10-48-38(31)51-26-32/h5,10,23,25-29,44H,2-4,6-9,11-22,24,43H2,1H3,(H2,46,52)(H,48,51)(H,49,60)(H,50,59)(H3,45,47,55,56)/b30-25+,44-36?. The second-order valence-corrected chi connectivity index (χ2v) is 14.5. The maximum atomic E-state index is 12.8. The third-order valence-corrected chi connectivity index (χ3v) is 9.98. The zero-order valence-corrected chi connectivity index (χ0v) is 36.5. The van der Waals surface area contributed by atoms with E-state index in [1.54, 1.807) is 18.6 Å². The molecule has 11 N–H and O–H groups in total. The van der Waals surface area contributed by atoms with Crippen molar-refractivity contribution in [3.8, 4) is 0 Å². The summed E-state index contributed by atoms with van der Waals surface area (Å²) in [7, 11) is 0. The molecule has 22 nitrogen and oxygen atoms in total. The second kappa shape index (κ2) is 27.0. The van der Waals surface area contributed by atoms with Crippen molar-refractivity contribution in [2.24, 2.45) is 16.5 Å². The summed E-state index contributed by atoms with van der Waals surface area (Å²) in [5.74, 6) is 1.20. The average Bonchev–Trinajstić information content (AvgIpc) is 3.80. The SMILES string of the molecule is CC/C(=C\N=C(N)N1CCN(c2ncc(C(=O)NCCCCNc3ncnc(N)c3C(=N)c3cnc4[nH]ccc4c3)cn2)CC1)CNC(=O)CCOCCOCCOCCOCCN. The van der Waals surface area contributed by atoms with Gasteiger partial charge in [-0.05, 0) is 37.0 Å². The number of fused-ring (bicyclic) bond motifs is 1. The van der Waals surface area contributed by atoms with E-state index >= 15 is 0 Å². The summed E-state index contributed by atoms with van der Waals surface area (Å²) in [6.07, 6.45) is 11.9. The van der Waals surface area contributed by atoms with E-state index in [1.807, 2.05) is 28.9 Å². The van der Waals surface area contributed by atoms with Gasteiger partial charge in [0.1, 0.15) is 23.6 Å². The summed E-state index contributed by atoms with van der Waals surface area (Å²) in [6, 6.07) is 3.76. The predicted octanol–water partition coefficient (Wildman–Crippen LogP) is 1.03. The Hall–Kier alpha value is -6.33. The summed E-state index contributed by atoms with van der Waals surface area (Å²) >= 11 is 0. The van der Waals surface area contributed by atoms with Crippen LogP contribution in [0.5, 0.6) is 0 Å². The van der Waals surface area contributed by atoms with Crippen LogP contribution in [0.25, 0.3) is 11.0 Å². The van der Waals surface area contributed by atoms with Gasteiger partial charge in [0.05, 0.1) is 69.7 Å². The minimum Gasteiger partial charge on any atom is -0.383 e. The number of hydrogen-bond acceptors (Lipinski definition) is 17. The van der Waals surface area contributed by atoms with E-state index in [0.717, 1.165) is 23.0 Å². The Labute approximate surface area is 372 Å². The number of anilines is 3. The lowest BCUT2D eigenvalue weighted by atomic mass is 10.0. The van der Waals surface area contributed by atoms with E-state index in [1.165, 1.54) is 18.7 Å². The molecule has 0 atom stereocenters. The molecule has 64 heavy (non-hydrogen) atoms. The monoisotopic (exact) mass is 887 g/mol. The van der Waals surface area contributed by atoms with Crippen LogP contribution >= 0.6 is 0 Å². The Bertz CT molecular complexity index is 2120. The number of rotatable bonds is 28. The molecular formula is C42H62N16O6. The third kappa shape index (κ3) is 15.8. The number of hydrogen-bond donors (Lipinski definition) is 8. The summed E-state index contributed by atoms with van der Waals surface area (Å²) in [5.41, 5.74) is 21.1. The van der Waals surface area contributed by atoms with E-state index < -0.39 is 0 Å². The fraction of sp³-hybridized carbons (Fsp3) is 0.500. The molecule has 5 rings (SSSR count). The fourth-order valence-corrected chi connectivity index (χ4v) is 6.31. The lowest BCUT2D eigenvalue weighted by Crippen LogP contribution is -2.51. The number of nitrogen functional groups attached to an aromatic ring is 1. The molecule has 4 aromatic heterocycles. The molecule has 1 aliphatic rings. The highest BCUT2D eigenvalue weighted by molar-refractivity contribution is 6.16. The number of nitrogens with one attached hydrogen (secondary N) is 5. The zero-order valence-electron chi connectivity index (χ0n) is 36.5.